The molecule has 0 spiro atoms. The summed E-state index contributed by atoms with van der Waals surface area (Å²) in [6, 6.07) is 16.3. The zero-order valence-electron chi connectivity index (χ0n) is 15.5. The first-order valence-electron chi connectivity index (χ1n) is 9.05. The highest BCUT2D eigenvalue weighted by Gasteiger charge is 2.29. The van der Waals surface area contributed by atoms with Gasteiger partial charge in [-0.2, -0.15) is 0 Å². The van der Waals surface area contributed by atoms with E-state index in [-0.39, 0.29) is 11.8 Å². The molecule has 1 heterocycles. The first kappa shape index (κ1) is 17.8. The van der Waals surface area contributed by atoms with Gasteiger partial charge in [-0.3, -0.25) is 4.79 Å². The number of nitrogens with zero attached hydrogens (tertiary/aromatic N) is 1. The molecular formula is C23H20N2O3. The van der Waals surface area contributed by atoms with Crippen molar-refractivity contribution in [2.45, 2.75) is 19.3 Å². The van der Waals surface area contributed by atoms with Crippen LogP contribution in [0.2, 0.25) is 0 Å². The predicted octanol–water partition coefficient (Wildman–Crippen LogP) is 5.04. The van der Waals surface area contributed by atoms with Crippen LogP contribution in [0.25, 0.3) is 11.6 Å². The molecule has 1 N–H and O–H groups in total. The Morgan fingerprint density at radius 1 is 1.25 bits per heavy atom. The van der Waals surface area contributed by atoms with Crippen LogP contribution < -0.4 is 10.1 Å². The first-order chi connectivity index (χ1) is 13.7. The Morgan fingerprint density at radius 2 is 2.04 bits per heavy atom. The van der Waals surface area contributed by atoms with Gasteiger partial charge in [0.2, 0.25) is 5.91 Å². The van der Waals surface area contributed by atoms with Crippen LogP contribution in [0.15, 0.2) is 72.2 Å². The van der Waals surface area contributed by atoms with Crippen LogP contribution in [-0.4, -0.2) is 11.1 Å². The molecule has 1 atom stereocenters. The lowest BCUT2D eigenvalue weighted by atomic mass is 9.87. The van der Waals surface area contributed by atoms with E-state index in [4.69, 9.17) is 9.26 Å². The number of benzene rings is 2. The van der Waals surface area contributed by atoms with Gasteiger partial charge in [0.25, 0.3) is 0 Å². The van der Waals surface area contributed by atoms with Crippen LogP contribution in [0.1, 0.15) is 35.1 Å². The van der Waals surface area contributed by atoms with Crippen molar-refractivity contribution in [2.75, 3.05) is 5.32 Å². The van der Waals surface area contributed by atoms with Crippen LogP contribution in [0, 0.1) is 0 Å². The van der Waals surface area contributed by atoms with Gasteiger partial charge in [-0.25, -0.2) is 0 Å². The second kappa shape index (κ2) is 7.56. The lowest BCUT2D eigenvalue weighted by Gasteiger charge is -2.17. The van der Waals surface area contributed by atoms with Crippen molar-refractivity contribution in [3.8, 4) is 5.75 Å². The Hall–Kier alpha value is -3.60. The molecule has 2 aromatic carbocycles. The summed E-state index contributed by atoms with van der Waals surface area (Å²) in [6.07, 6.45) is 5.96. The van der Waals surface area contributed by atoms with E-state index in [0.717, 1.165) is 23.3 Å². The van der Waals surface area contributed by atoms with Gasteiger partial charge >= 0.3 is 0 Å². The van der Waals surface area contributed by atoms with Gasteiger partial charge in [-0.05, 0) is 46.9 Å². The third-order valence-electron chi connectivity index (χ3n) is 4.82. The van der Waals surface area contributed by atoms with Gasteiger partial charge in [0.05, 0.1) is 11.8 Å². The number of aromatic nitrogens is 1. The molecule has 0 radical (unpaired) electrons. The number of rotatable bonds is 6. The smallest absolute Gasteiger partial charge is 0.222 e. The van der Waals surface area contributed by atoms with Crippen molar-refractivity contribution >= 4 is 23.4 Å². The molecule has 5 heteroatoms. The summed E-state index contributed by atoms with van der Waals surface area (Å²) in [5, 5.41) is 6.72. The minimum Gasteiger partial charge on any atom is -0.466 e. The fraction of sp³-hybridized carbons (Fsp3) is 0.130. The lowest BCUT2D eigenvalue weighted by molar-refractivity contribution is -0.114. The average molecular weight is 372 g/mol. The zero-order valence-corrected chi connectivity index (χ0v) is 15.5. The SMILES string of the molecule is C=COc1ccc(CC2C(c3conc3NC(C)=O)=Cc3ccccc32)cc1. The fourth-order valence-corrected chi connectivity index (χ4v) is 3.62. The molecule has 0 fully saturated rings. The zero-order chi connectivity index (χ0) is 19.5. The largest absolute Gasteiger partial charge is 0.466 e. The maximum Gasteiger partial charge on any atom is 0.222 e. The van der Waals surface area contributed by atoms with Crippen LogP contribution >= 0.6 is 0 Å². The minimum atomic E-state index is -0.180. The Kier molecular flexibility index (Phi) is 4.81. The topological polar surface area (TPSA) is 64.4 Å². The number of amides is 1. The molecule has 1 aliphatic rings. The van der Waals surface area contributed by atoms with Crippen molar-refractivity contribution in [2.24, 2.45) is 0 Å². The number of allylic oxidation sites excluding steroid dienone is 1. The molecule has 0 saturated carbocycles. The highest BCUT2D eigenvalue weighted by molar-refractivity contribution is 5.97. The van der Waals surface area contributed by atoms with Crippen LogP contribution in [0.4, 0.5) is 5.82 Å². The van der Waals surface area contributed by atoms with Crippen molar-refractivity contribution in [1.29, 1.82) is 0 Å². The molecule has 4 rings (SSSR count). The summed E-state index contributed by atoms with van der Waals surface area (Å²) < 4.78 is 10.5. The Labute approximate surface area is 163 Å². The number of ether oxygens (including phenoxy) is 1. The van der Waals surface area contributed by atoms with Crippen LogP contribution in [0.3, 0.4) is 0 Å². The number of hydrogen-bond donors (Lipinski definition) is 1. The number of carbonyl (C=O) groups excluding carboxylic acids is 1. The van der Waals surface area contributed by atoms with Crippen molar-refractivity contribution in [3.63, 3.8) is 0 Å². The van der Waals surface area contributed by atoms with E-state index >= 15 is 0 Å². The average Bonchev–Trinajstić information content (AvgIpc) is 3.27. The summed E-state index contributed by atoms with van der Waals surface area (Å²) in [7, 11) is 0. The molecule has 1 aliphatic carbocycles. The van der Waals surface area contributed by atoms with E-state index in [9.17, 15) is 4.79 Å². The van der Waals surface area contributed by atoms with E-state index < -0.39 is 0 Å². The molecule has 28 heavy (non-hydrogen) atoms. The summed E-state index contributed by atoms with van der Waals surface area (Å²) >= 11 is 0. The number of hydrogen-bond acceptors (Lipinski definition) is 4. The van der Waals surface area contributed by atoms with Gasteiger partial charge in [-0.15, -0.1) is 0 Å². The van der Waals surface area contributed by atoms with Gasteiger partial charge in [0.15, 0.2) is 5.82 Å². The molecule has 1 aromatic heterocycles. The monoisotopic (exact) mass is 372 g/mol. The van der Waals surface area contributed by atoms with Gasteiger partial charge < -0.3 is 14.6 Å². The maximum absolute atomic E-state index is 11.5. The third-order valence-corrected chi connectivity index (χ3v) is 4.82. The van der Waals surface area contributed by atoms with Gasteiger partial charge in [0, 0.05) is 12.8 Å². The maximum atomic E-state index is 11.5. The lowest BCUT2D eigenvalue weighted by Crippen LogP contribution is -2.09. The molecule has 5 nitrogen and oxygen atoms in total. The minimum absolute atomic E-state index is 0.134. The molecule has 0 aliphatic heterocycles. The van der Waals surface area contributed by atoms with E-state index in [0.29, 0.717) is 5.82 Å². The standard InChI is InChI=1S/C23H20N2O3/c1-3-27-18-10-8-16(9-11-18)12-20-19-7-5-4-6-17(19)13-21(20)22-14-28-25-23(22)24-15(2)26/h3-11,13-14,20H,1,12H2,2H3,(H,24,25,26). The first-order valence-corrected chi connectivity index (χ1v) is 9.05. The second-order valence-corrected chi connectivity index (χ2v) is 6.67. The van der Waals surface area contributed by atoms with Crippen molar-refractivity contribution in [1.82, 2.24) is 5.16 Å². The summed E-state index contributed by atoms with van der Waals surface area (Å²) in [5.41, 5.74) is 5.49. The highest BCUT2D eigenvalue weighted by atomic mass is 16.5. The molecule has 140 valence electrons. The highest BCUT2D eigenvalue weighted by Crippen LogP contribution is 2.45. The number of fused-ring (bicyclic) bond motifs is 1. The van der Waals surface area contributed by atoms with Crippen LogP contribution in [0.5, 0.6) is 5.75 Å². The quantitative estimate of drug-likeness (QED) is 0.616. The Morgan fingerprint density at radius 3 is 2.79 bits per heavy atom. The molecule has 0 saturated heterocycles. The van der Waals surface area contributed by atoms with Crippen LogP contribution in [-0.2, 0) is 11.2 Å². The molecule has 3 aromatic rings. The number of anilines is 1. The van der Waals surface area contributed by atoms with Gasteiger partial charge in [-0.1, -0.05) is 48.1 Å². The van der Waals surface area contributed by atoms with E-state index in [1.54, 1.807) is 6.26 Å². The summed E-state index contributed by atoms with van der Waals surface area (Å²) in [6.45, 7) is 5.04. The second-order valence-electron chi connectivity index (χ2n) is 6.67. The normalized spacial score (nSPS) is 14.9. The van der Waals surface area contributed by atoms with Crippen molar-refractivity contribution < 1.29 is 14.1 Å². The predicted molar refractivity (Wildman–Crippen MR) is 109 cm³/mol. The Bertz CT molecular complexity index is 1050. The molecular weight excluding hydrogens is 352 g/mol. The molecule has 0 bridgehead atoms. The van der Waals surface area contributed by atoms with Gasteiger partial charge in [0.1, 0.15) is 12.0 Å². The van der Waals surface area contributed by atoms with E-state index in [2.05, 4.69) is 47.4 Å². The van der Waals surface area contributed by atoms with E-state index in [1.165, 1.54) is 29.9 Å². The number of nitrogens with one attached hydrogen (secondary N) is 1. The molecule has 1 amide bonds. The summed E-state index contributed by atoms with van der Waals surface area (Å²) in [4.78, 5) is 11.5. The molecule has 1 unspecified atom stereocenters. The summed E-state index contributed by atoms with van der Waals surface area (Å²) in [5.74, 6) is 1.16. The fourth-order valence-electron chi connectivity index (χ4n) is 3.62. The van der Waals surface area contributed by atoms with Crippen molar-refractivity contribution in [3.05, 3.63) is 89.9 Å². The Balaban J connectivity index is 1.69. The van der Waals surface area contributed by atoms with E-state index in [1.807, 2.05) is 24.3 Å². The number of carbonyl (C=O) groups is 1. The third kappa shape index (κ3) is 3.47.